The molecule has 134 valence electrons. The number of carbonyl (C=O) groups excluding carboxylic acids is 2. The largest absolute Gasteiger partial charge is 0.466 e. The molecule has 2 amide bonds. The van der Waals surface area contributed by atoms with Gasteiger partial charge in [0.05, 0.1) is 29.8 Å². The van der Waals surface area contributed by atoms with Gasteiger partial charge in [0.1, 0.15) is 5.65 Å². The standard InChI is InChI=1S/C17H21ClN4O3/c1-2-25-16(23)12-5-7-21(8-6-12)17(24)19-9-14-11-22-10-13(18)3-4-15(22)20-14/h3-4,10-12H,2,5-9H2,1H3,(H,19,24). The Kier molecular flexibility index (Phi) is 5.43. The van der Waals surface area contributed by atoms with Crippen molar-refractivity contribution in [1.29, 1.82) is 0 Å². The summed E-state index contributed by atoms with van der Waals surface area (Å²) in [5, 5.41) is 3.51. The van der Waals surface area contributed by atoms with E-state index in [0.29, 0.717) is 44.1 Å². The van der Waals surface area contributed by atoms with Gasteiger partial charge in [-0.3, -0.25) is 4.79 Å². The number of amides is 2. The number of carbonyl (C=O) groups is 2. The smallest absolute Gasteiger partial charge is 0.317 e. The fraction of sp³-hybridized carbons (Fsp3) is 0.471. The van der Waals surface area contributed by atoms with Gasteiger partial charge in [-0.2, -0.15) is 0 Å². The highest BCUT2D eigenvalue weighted by atomic mass is 35.5. The molecule has 1 fully saturated rings. The van der Waals surface area contributed by atoms with Gasteiger partial charge in [-0.15, -0.1) is 0 Å². The van der Waals surface area contributed by atoms with E-state index >= 15 is 0 Å². The summed E-state index contributed by atoms with van der Waals surface area (Å²) in [6.45, 7) is 3.64. The molecule has 0 radical (unpaired) electrons. The molecule has 0 unspecified atom stereocenters. The number of halogens is 1. The number of ether oxygens (including phenoxy) is 1. The molecule has 2 aromatic rings. The lowest BCUT2D eigenvalue weighted by Gasteiger charge is -2.30. The maximum absolute atomic E-state index is 12.3. The second-order valence-corrected chi connectivity index (χ2v) is 6.45. The summed E-state index contributed by atoms with van der Waals surface area (Å²) < 4.78 is 6.87. The van der Waals surface area contributed by atoms with Crippen LogP contribution in [0.2, 0.25) is 5.02 Å². The molecule has 0 spiro atoms. The molecule has 25 heavy (non-hydrogen) atoms. The number of urea groups is 1. The summed E-state index contributed by atoms with van der Waals surface area (Å²) in [5.74, 6) is -0.266. The molecule has 7 nitrogen and oxygen atoms in total. The Morgan fingerprint density at radius 1 is 1.32 bits per heavy atom. The molecule has 3 heterocycles. The average Bonchev–Trinajstić information content (AvgIpc) is 3.02. The van der Waals surface area contributed by atoms with Gasteiger partial charge in [0, 0.05) is 25.5 Å². The number of fused-ring (bicyclic) bond motifs is 1. The molecule has 1 N–H and O–H groups in total. The van der Waals surface area contributed by atoms with Crippen molar-refractivity contribution >= 4 is 29.2 Å². The summed E-state index contributed by atoms with van der Waals surface area (Å²) in [6.07, 6.45) is 4.89. The average molecular weight is 365 g/mol. The Labute approximate surface area is 150 Å². The minimum Gasteiger partial charge on any atom is -0.466 e. The molecule has 1 saturated heterocycles. The zero-order chi connectivity index (χ0) is 17.8. The number of imidazole rings is 1. The normalized spacial score (nSPS) is 15.4. The lowest BCUT2D eigenvalue weighted by Crippen LogP contribution is -2.45. The molecule has 0 bridgehead atoms. The van der Waals surface area contributed by atoms with E-state index in [-0.39, 0.29) is 17.9 Å². The predicted octanol–water partition coefficient (Wildman–Crippen LogP) is 2.47. The number of rotatable bonds is 4. The zero-order valence-electron chi connectivity index (χ0n) is 14.1. The van der Waals surface area contributed by atoms with E-state index in [1.54, 1.807) is 24.1 Å². The molecule has 3 rings (SSSR count). The van der Waals surface area contributed by atoms with Crippen molar-refractivity contribution in [3.05, 3.63) is 35.2 Å². The SMILES string of the molecule is CCOC(=O)C1CCN(C(=O)NCc2cn3cc(Cl)ccc3n2)CC1. The summed E-state index contributed by atoms with van der Waals surface area (Å²) in [6, 6.07) is 3.46. The number of aromatic nitrogens is 2. The van der Waals surface area contributed by atoms with Gasteiger partial charge < -0.3 is 19.4 Å². The number of esters is 1. The topological polar surface area (TPSA) is 75.9 Å². The Hall–Kier alpha value is -2.28. The summed E-state index contributed by atoms with van der Waals surface area (Å²) >= 11 is 5.95. The quantitative estimate of drug-likeness (QED) is 0.845. The van der Waals surface area contributed by atoms with Crippen LogP contribution in [0.5, 0.6) is 0 Å². The maximum Gasteiger partial charge on any atom is 0.317 e. The van der Waals surface area contributed by atoms with E-state index < -0.39 is 0 Å². The highest BCUT2D eigenvalue weighted by Gasteiger charge is 2.28. The van der Waals surface area contributed by atoms with E-state index in [0.717, 1.165) is 11.3 Å². The molecule has 0 saturated carbocycles. The Bertz CT molecular complexity index is 768. The van der Waals surface area contributed by atoms with E-state index in [1.165, 1.54) is 0 Å². The van der Waals surface area contributed by atoms with Crippen molar-refractivity contribution in [3.63, 3.8) is 0 Å². The van der Waals surface area contributed by atoms with E-state index in [2.05, 4.69) is 10.3 Å². The highest BCUT2D eigenvalue weighted by Crippen LogP contribution is 2.19. The van der Waals surface area contributed by atoms with Gasteiger partial charge in [0.15, 0.2) is 0 Å². The maximum atomic E-state index is 12.3. The van der Waals surface area contributed by atoms with Crippen LogP contribution in [0.15, 0.2) is 24.5 Å². The lowest BCUT2D eigenvalue weighted by molar-refractivity contribution is -0.149. The molecule has 0 atom stereocenters. The van der Waals surface area contributed by atoms with Crippen LogP contribution in [0.3, 0.4) is 0 Å². The first kappa shape index (κ1) is 17.5. The van der Waals surface area contributed by atoms with Gasteiger partial charge >= 0.3 is 12.0 Å². The number of nitrogens with one attached hydrogen (secondary N) is 1. The van der Waals surface area contributed by atoms with E-state index in [4.69, 9.17) is 16.3 Å². The number of hydrogen-bond donors (Lipinski definition) is 1. The zero-order valence-corrected chi connectivity index (χ0v) is 14.8. The molecule has 0 aliphatic carbocycles. The molecule has 8 heteroatoms. The number of nitrogens with zero attached hydrogens (tertiary/aromatic N) is 3. The van der Waals surface area contributed by atoms with Crippen molar-refractivity contribution < 1.29 is 14.3 Å². The monoisotopic (exact) mass is 364 g/mol. The van der Waals surface area contributed by atoms with E-state index in [9.17, 15) is 9.59 Å². The fourth-order valence-corrected chi connectivity index (χ4v) is 3.13. The predicted molar refractivity (Wildman–Crippen MR) is 93.4 cm³/mol. The molecular formula is C17H21ClN4O3. The number of likely N-dealkylation sites (tertiary alicyclic amines) is 1. The van der Waals surface area contributed by atoms with Crippen LogP contribution in [0, 0.1) is 5.92 Å². The minimum atomic E-state index is -0.161. The number of piperidine rings is 1. The number of pyridine rings is 1. The second kappa shape index (κ2) is 7.74. The Balaban J connectivity index is 1.50. The van der Waals surface area contributed by atoms with Gasteiger partial charge in [-0.1, -0.05) is 11.6 Å². The van der Waals surface area contributed by atoms with E-state index in [1.807, 2.05) is 16.7 Å². The molecule has 2 aromatic heterocycles. The van der Waals surface area contributed by atoms with Gasteiger partial charge in [-0.25, -0.2) is 9.78 Å². The second-order valence-electron chi connectivity index (χ2n) is 6.02. The van der Waals surface area contributed by atoms with Crippen molar-refractivity contribution in [2.45, 2.75) is 26.3 Å². The Morgan fingerprint density at radius 3 is 2.80 bits per heavy atom. The molecule has 1 aliphatic heterocycles. The molecular weight excluding hydrogens is 344 g/mol. The van der Waals surface area contributed by atoms with Crippen LogP contribution in [0.1, 0.15) is 25.5 Å². The summed E-state index contributed by atoms with van der Waals surface area (Å²) in [7, 11) is 0. The fourth-order valence-electron chi connectivity index (χ4n) is 2.96. The van der Waals surface area contributed by atoms with Gasteiger partial charge in [0.25, 0.3) is 0 Å². The third kappa shape index (κ3) is 4.22. The van der Waals surface area contributed by atoms with Crippen LogP contribution in [0.25, 0.3) is 5.65 Å². The summed E-state index contributed by atoms with van der Waals surface area (Å²) in [5.41, 5.74) is 1.54. The minimum absolute atomic E-state index is 0.104. The van der Waals surface area contributed by atoms with Gasteiger partial charge in [-0.05, 0) is 31.9 Å². The van der Waals surface area contributed by atoms with Crippen molar-refractivity contribution in [2.24, 2.45) is 5.92 Å². The molecule has 1 aliphatic rings. The number of hydrogen-bond acceptors (Lipinski definition) is 4. The lowest BCUT2D eigenvalue weighted by atomic mass is 9.97. The van der Waals surface area contributed by atoms with Crippen molar-refractivity contribution in [1.82, 2.24) is 19.6 Å². The highest BCUT2D eigenvalue weighted by molar-refractivity contribution is 6.30. The molecule has 0 aromatic carbocycles. The third-order valence-electron chi connectivity index (χ3n) is 4.29. The van der Waals surface area contributed by atoms with Crippen LogP contribution < -0.4 is 5.32 Å². The van der Waals surface area contributed by atoms with Crippen molar-refractivity contribution in [2.75, 3.05) is 19.7 Å². The van der Waals surface area contributed by atoms with Crippen LogP contribution in [0.4, 0.5) is 4.79 Å². The van der Waals surface area contributed by atoms with Crippen LogP contribution >= 0.6 is 11.6 Å². The first-order valence-electron chi connectivity index (χ1n) is 8.39. The van der Waals surface area contributed by atoms with Crippen LogP contribution in [-0.2, 0) is 16.1 Å². The Morgan fingerprint density at radius 2 is 2.08 bits per heavy atom. The van der Waals surface area contributed by atoms with Gasteiger partial charge in [0.2, 0.25) is 0 Å². The van der Waals surface area contributed by atoms with Crippen molar-refractivity contribution in [3.8, 4) is 0 Å². The first-order chi connectivity index (χ1) is 12.1. The third-order valence-corrected chi connectivity index (χ3v) is 4.51. The summed E-state index contributed by atoms with van der Waals surface area (Å²) in [4.78, 5) is 30.2. The first-order valence-corrected chi connectivity index (χ1v) is 8.77. The van der Waals surface area contributed by atoms with Crippen LogP contribution in [-0.4, -0.2) is 46.0 Å².